The molecule has 4 amide bonds. The van der Waals surface area contributed by atoms with E-state index < -0.39 is 6.03 Å². The van der Waals surface area contributed by atoms with Gasteiger partial charge in [0.05, 0.1) is 0 Å². The van der Waals surface area contributed by atoms with E-state index in [-0.39, 0.29) is 24.9 Å². The Morgan fingerprint density at radius 3 is 2.80 bits per heavy atom. The molecule has 1 aliphatic heterocycles. The summed E-state index contributed by atoms with van der Waals surface area (Å²) in [5.74, 6) is -0.588. The average Bonchev–Trinajstić information content (AvgIpc) is 2.45. The maximum atomic E-state index is 11.3. The van der Waals surface area contributed by atoms with Crippen molar-refractivity contribution in [2.45, 2.75) is 19.8 Å². The standard InChI is InChI=1S/C9H15N3O3/c1-2-3-4-10-7(13)5-12-6-8(14)11-9(12)15/h2-6H2,1H3,(H,10,13)(H,11,14,15). The van der Waals surface area contributed by atoms with Gasteiger partial charge in [-0.1, -0.05) is 13.3 Å². The van der Waals surface area contributed by atoms with Crippen molar-refractivity contribution in [3.63, 3.8) is 0 Å². The number of nitrogens with zero attached hydrogens (tertiary/aromatic N) is 1. The van der Waals surface area contributed by atoms with E-state index in [1.54, 1.807) is 0 Å². The molecule has 0 unspecified atom stereocenters. The van der Waals surface area contributed by atoms with Gasteiger partial charge in [0.1, 0.15) is 13.1 Å². The zero-order chi connectivity index (χ0) is 11.3. The Balaban J connectivity index is 2.26. The van der Waals surface area contributed by atoms with Crippen LogP contribution in [0.5, 0.6) is 0 Å². The molecule has 1 saturated heterocycles. The third-order valence-corrected chi connectivity index (χ3v) is 2.05. The van der Waals surface area contributed by atoms with Crippen LogP contribution in [0, 0.1) is 0 Å². The van der Waals surface area contributed by atoms with Crippen LogP contribution in [0.15, 0.2) is 0 Å². The highest BCUT2D eigenvalue weighted by atomic mass is 16.2. The van der Waals surface area contributed by atoms with Crippen molar-refractivity contribution in [2.24, 2.45) is 0 Å². The van der Waals surface area contributed by atoms with Gasteiger partial charge < -0.3 is 10.2 Å². The summed E-state index contributed by atoms with van der Waals surface area (Å²) in [5, 5.41) is 4.78. The van der Waals surface area contributed by atoms with Gasteiger partial charge in [-0.2, -0.15) is 0 Å². The molecule has 0 aromatic rings. The number of hydrogen-bond acceptors (Lipinski definition) is 3. The lowest BCUT2D eigenvalue weighted by atomic mass is 10.3. The summed E-state index contributed by atoms with van der Waals surface area (Å²) in [6, 6.07) is -0.495. The Hall–Kier alpha value is -1.59. The van der Waals surface area contributed by atoms with Crippen molar-refractivity contribution in [3.8, 4) is 0 Å². The molecule has 0 saturated carbocycles. The van der Waals surface area contributed by atoms with Crippen LogP contribution in [-0.4, -0.2) is 42.4 Å². The lowest BCUT2D eigenvalue weighted by Crippen LogP contribution is -2.39. The van der Waals surface area contributed by atoms with Gasteiger partial charge in [0, 0.05) is 6.54 Å². The summed E-state index contributed by atoms with van der Waals surface area (Å²) < 4.78 is 0. The van der Waals surface area contributed by atoms with Crippen molar-refractivity contribution >= 4 is 17.8 Å². The van der Waals surface area contributed by atoms with Gasteiger partial charge >= 0.3 is 6.03 Å². The van der Waals surface area contributed by atoms with E-state index in [0.29, 0.717) is 6.54 Å². The largest absolute Gasteiger partial charge is 0.355 e. The maximum Gasteiger partial charge on any atom is 0.325 e. The highest BCUT2D eigenvalue weighted by Crippen LogP contribution is 1.96. The molecule has 0 radical (unpaired) electrons. The number of imide groups is 1. The zero-order valence-electron chi connectivity index (χ0n) is 8.71. The molecule has 1 aliphatic rings. The van der Waals surface area contributed by atoms with Crippen molar-refractivity contribution < 1.29 is 14.4 Å². The van der Waals surface area contributed by atoms with Crippen molar-refractivity contribution in [1.29, 1.82) is 0 Å². The molecule has 1 rings (SSSR count). The maximum absolute atomic E-state index is 11.3. The number of nitrogens with one attached hydrogen (secondary N) is 2. The molecule has 1 fully saturated rings. The average molecular weight is 213 g/mol. The highest BCUT2D eigenvalue weighted by Gasteiger charge is 2.27. The molecule has 0 aromatic heterocycles. The molecule has 2 N–H and O–H groups in total. The molecule has 0 atom stereocenters. The van der Waals surface area contributed by atoms with Crippen molar-refractivity contribution in [1.82, 2.24) is 15.5 Å². The molecule has 6 nitrogen and oxygen atoms in total. The number of rotatable bonds is 5. The fourth-order valence-corrected chi connectivity index (χ4v) is 1.24. The lowest BCUT2D eigenvalue weighted by Gasteiger charge is -2.12. The molecular formula is C9H15N3O3. The van der Waals surface area contributed by atoms with E-state index in [0.717, 1.165) is 12.8 Å². The second-order valence-electron chi connectivity index (χ2n) is 3.41. The van der Waals surface area contributed by atoms with Crippen LogP contribution in [0.3, 0.4) is 0 Å². The van der Waals surface area contributed by atoms with Crippen LogP contribution in [0.2, 0.25) is 0 Å². The molecule has 84 valence electrons. The smallest absolute Gasteiger partial charge is 0.325 e. The molecule has 1 heterocycles. The van der Waals surface area contributed by atoms with Crippen LogP contribution in [0.25, 0.3) is 0 Å². The first-order valence-corrected chi connectivity index (χ1v) is 4.99. The van der Waals surface area contributed by atoms with Gasteiger partial charge in [-0.05, 0) is 6.42 Å². The van der Waals surface area contributed by atoms with E-state index in [2.05, 4.69) is 10.6 Å². The van der Waals surface area contributed by atoms with E-state index in [9.17, 15) is 14.4 Å². The quantitative estimate of drug-likeness (QED) is 0.475. The van der Waals surface area contributed by atoms with Gasteiger partial charge in [-0.3, -0.25) is 14.9 Å². The SMILES string of the molecule is CCCCNC(=O)CN1CC(=O)NC1=O. The van der Waals surface area contributed by atoms with Gasteiger partial charge in [-0.25, -0.2) is 4.79 Å². The Kier molecular flexibility index (Phi) is 4.08. The third-order valence-electron chi connectivity index (χ3n) is 2.05. The second kappa shape index (κ2) is 5.33. The number of hydrogen-bond donors (Lipinski definition) is 2. The van der Waals surface area contributed by atoms with Crippen molar-refractivity contribution in [2.75, 3.05) is 19.6 Å². The second-order valence-corrected chi connectivity index (χ2v) is 3.41. The molecule has 6 heteroatoms. The number of carbonyl (C=O) groups excluding carboxylic acids is 3. The first-order chi connectivity index (χ1) is 7.13. The molecular weight excluding hydrogens is 198 g/mol. The topological polar surface area (TPSA) is 78.5 Å². The number of unbranched alkanes of at least 4 members (excludes halogenated alkanes) is 1. The Morgan fingerprint density at radius 2 is 2.27 bits per heavy atom. The van der Waals surface area contributed by atoms with Crippen molar-refractivity contribution in [3.05, 3.63) is 0 Å². The minimum absolute atomic E-state index is 0.0277. The van der Waals surface area contributed by atoms with Crippen LogP contribution < -0.4 is 10.6 Å². The number of urea groups is 1. The predicted octanol–water partition coefficient (Wildman–Crippen LogP) is -0.545. The predicted molar refractivity (Wildman–Crippen MR) is 53.0 cm³/mol. The van der Waals surface area contributed by atoms with Gasteiger partial charge in [0.2, 0.25) is 11.8 Å². The Bertz CT molecular complexity index is 278. The van der Waals surface area contributed by atoms with Gasteiger partial charge in [-0.15, -0.1) is 0 Å². The minimum Gasteiger partial charge on any atom is -0.355 e. The van der Waals surface area contributed by atoms with Crippen LogP contribution in [0.1, 0.15) is 19.8 Å². The lowest BCUT2D eigenvalue weighted by molar-refractivity contribution is -0.121. The van der Waals surface area contributed by atoms with Crippen LogP contribution in [0.4, 0.5) is 4.79 Å². The molecule has 0 bridgehead atoms. The fourth-order valence-electron chi connectivity index (χ4n) is 1.24. The molecule has 0 spiro atoms. The monoisotopic (exact) mass is 213 g/mol. The van der Waals surface area contributed by atoms with E-state index in [4.69, 9.17) is 0 Å². The van der Waals surface area contributed by atoms with Gasteiger partial charge in [0.25, 0.3) is 0 Å². The summed E-state index contributed by atoms with van der Waals surface area (Å²) >= 11 is 0. The van der Waals surface area contributed by atoms with E-state index in [1.807, 2.05) is 6.92 Å². The van der Waals surface area contributed by atoms with Crippen LogP contribution in [-0.2, 0) is 9.59 Å². The molecule has 15 heavy (non-hydrogen) atoms. The summed E-state index contributed by atoms with van der Waals surface area (Å²) in [4.78, 5) is 34.3. The summed E-state index contributed by atoms with van der Waals surface area (Å²) in [6.07, 6.45) is 1.92. The molecule has 0 aromatic carbocycles. The zero-order valence-corrected chi connectivity index (χ0v) is 8.71. The van der Waals surface area contributed by atoms with E-state index in [1.165, 1.54) is 4.90 Å². The van der Waals surface area contributed by atoms with E-state index >= 15 is 0 Å². The Labute approximate surface area is 88.0 Å². The number of carbonyl (C=O) groups is 3. The first kappa shape index (κ1) is 11.5. The summed E-state index contributed by atoms with van der Waals surface area (Å²) in [7, 11) is 0. The minimum atomic E-state index is -0.495. The van der Waals surface area contributed by atoms with Crippen LogP contribution >= 0.6 is 0 Å². The third kappa shape index (κ3) is 3.57. The Morgan fingerprint density at radius 1 is 1.53 bits per heavy atom. The summed E-state index contributed by atoms with van der Waals surface area (Å²) in [5.41, 5.74) is 0. The normalized spacial score (nSPS) is 15.4. The fraction of sp³-hybridized carbons (Fsp3) is 0.667. The number of amides is 4. The summed E-state index contributed by atoms with van der Waals surface area (Å²) in [6.45, 7) is 2.55. The molecule has 0 aliphatic carbocycles. The highest BCUT2D eigenvalue weighted by molar-refractivity contribution is 6.03. The van der Waals surface area contributed by atoms with Gasteiger partial charge in [0.15, 0.2) is 0 Å². The first-order valence-electron chi connectivity index (χ1n) is 4.99.